The molecule has 0 saturated carbocycles. The smallest absolute Gasteiger partial charge is 0.269 e. The van der Waals surface area contributed by atoms with Crippen molar-refractivity contribution < 1.29 is 14.3 Å². The number of unbranched alkanes of at least 4 members (excludes halogenated alkanes) is 1. The van der Waals surface area contributed by atoms with Gasteiger partial charge in [0.2, 0.25) is 0 Å². The number of carbonyl (C=O) groups is 2. The first-order chi connectivity index (χ1) is 9.66. The molecule has 0 radical (unpaired) electrons. The number of ether oxygens (including phenoxy) is 1. The Morgan fingerprint density at radius 3 is 3.00 bits per heavy atom. The molecular weight excluding hydrogens is 258 g/mol. The molecule has 2 rings (SSSR count). The Kier molecular flexibility index (Phi) is 5.29. The van der Waals surface area contributed by atoms with E-state index >= 15 is 0 Å². The van der Waals surface area contributed by atoms with Crippen molar-refractivity contribution in [3.05, 3.63) is 17.5 Å². The number of Topliss-reactive ketones (excluding diaryl/α,β-unsaturated/α-hetero) is 1. The van der Waals surface area contributed by atoms with Gasteiger partial charge >= 0.3 is 0 Å². The Morgan fingerprint density at radius 2 is 2.35 bits per heavy atom. The minimum absolute atomic E-state index is 0.156. The van der Waals surface area contributed by atoms with Gasteiger partial charge in [-0.1, -0.05) is 0 Å². The van der Waals surface area contributed by atoms with Crippen molar-refractivity contribution in [1.29, 1.82) is 0 Å². The van der Waals surface area contributed by atoms with Gasteiger partial charge in [-0.05, 0) is 38.2 Å². The molecule has 1 saturated heterocycles. The summed E-state index contributed by atoms with van der Waals surface area (Å²) in [5.41, 5.74) is 0.614. The summed E-state index contributed by atoms with van der Waals surface area (Å²) in [5.74, 6) is -0.376. The zero-order chi connectivity index (χ0) is 14.4. The van der Waals surface area contributed by atoms with Gasteiger partial charge < -0.3 is 10.1 Å². The van der Waals surface area contributed by atoms with E-state index in [9.17, 15) is 9.59 Å². The highest BCUT2D eigenvalue weighted by molar-refractivity contribution is 5.97. The van der Waals surface area contributed by atoms with E-state index < -0.39 is 0 Å². The van der Waals surface area contributed by atoms with Crippen LogP contribution in [0.3, 0.4) is 0 Å². The molecule has 110 valence electrons. The average molecular weight is 279 g/mol. The molecule has 6 nitrogen and oxygen atoms in total. The van der Waals surface area contributed by atoms with Gasteiger partial charge in [-0.3, -0.25) is 14.7 Å². The van der Waals surface area contributed by atoms with Crippen LogP contribution in [0.1, 0.15) is 60.0 Å². The lowest BCUT2D eigenvalue weighted by atomic mass is 10.1. The highest BCUT2D eigenvalue weighted by Crippen LogP contribution is 2.17. The van der Waals surface area contributed by atoms with Crippen molar-refractivity contribution in [2.45, 2.75) is 45.1 Å². The van der Waals surface area contributed by atoms with Crippen LogP contribution in [-0.2, 0) is 4.74 Å². The Hall–Kier alpha value is -1.69. The number of aromatic amines is 1. The van der Waals surface area contributed by atoms with Crippen LogP contribution >= 0.6 is 0 Å². The number of nitrogens with one attached hydrogen (secondary N) is 2. The van der Waals surface area contributed by atoms with Gasteiger partial charge in [0.05, 0.1) is 6.10 Å². The zero-order valence-electron chi connectivity index (χ0n) is 11.8. The second-order valence-electron chi connectivity index (χ2n) is 5.11. The first kappa shape index (κ1) is 14.7. The Bertz CT molecular complexity index is 464. The molecule has 1 aromatic rings. The van der Waals surface area contributed by atoms with E-state index in [2.05, 4.69) is 15.5 Å². The summed E-state index contributed by atoms with van der Waals surface area (Å²) < 4.78 is 5.54. The third-order valence-electron chi connectivity index (χ3n) is 3.45. The number of carbonyl (C=O) groups excluding carboxylic acids is 2. The summed E-state index contributed by atoms with van der Waals surface area (Å²) >= 11 is 0. The maximum Gasteiger partial charge on any atom is 0.269 e. The molecule has 6 heteroatoms. The van der Waals surface area contributed by atoms with Crippen molar-refractivity contribution in [3.8, 4) is 0 Å². The number of aromatic nitrogens is 2. The Balaban J connectivity index is 1.62. The van der Waals surface area contributed by atoms with Crippen LogP contribution < -0.4 is 5.32 Å². The van der Waals surface area contributed by atoms with Crippen LogP contribution in [0.15, 0.2) is 6.07 Å². The van der Waals surface area contributed by atoms with Crippen LogP contribution in [0, 0.1) is 0 Å². The van der Waals surface area contributed by atoms with Crippen molar-refractivity contribution in [2.75, 3.05) is 13.2 Å². The molecule has 2 N–H and O–H groups in total. The van der Waals surface area contributed by atoms with Crippen LogP contribution in [0.25, 0.3) is 0 Å². The number of ketones is 1. The van der Waals surface area contributed by atoms with Crippen LogP contribution in [0.5, 0.6) is 0 Å². The van der Waals surface area contributed by atoms with Gasteiger partial charge in [-0.15, -0.1) is 0 Å². The van der Waals surface area contributed by atoms with Gasteiger partial charge in [0.25, 0.3) is 5.91 Å². The molecular formula is C14H21N3O3. The minimum atomic E-state index is -0.220. The topological polar surface area (TPSA) is 84.1 Å². The van der Waals surface area contributed by atoms with Gasteiger partial charge in [-0.25, -0.2) is 0 Å². The fourth-order valence-electron chi connectivity index (χ4n) is 2.28. The standard InChI is InChI=1S/C14H21N3O3/c1-10(18)12-9-13(17-16-12)14(19)15-7-3-2-5-11-6-4-8-20-11/h9,11H,2-8H2,1H3,(H,15,19)(H,16,17)/t11-/m0/s1. The summed E-state index contributed by atoms with van der Waals surface area (Å²) in [4.78, 5) is 22.9. The predicted octanol–water partition coefficient (Wildman–Crippen LogP) is 1.69. The van der Waals surface area contributed by atoms with Crippen LogP contribution in [-0.4, -0.2) is 41.1 Å². The third kappa shape index (κ3) is 4.16. The molecule has 1 amide bonds. The highest BCUT2D eigenvalue weighted by Gasteiger charge is 2.15. The molecule has 1 fully saturated rings. The molecule has 1 aliphatic heterocycles. The summed E-state index contributed by atoms with van der Waals surface area (Å²) in [7, 11) is 0. The second kappa shape index (κ2) is 7.19. The number of hydrogen-bond acceptors (Lipinski definition) is 4. The van der Waals surface area contributed by atoms with Crippen molar-refractivity contribution >= 4 is 11.7 Å². The monoisotopic (exact) mass is 279 g/mol. The average Bonchev–Trinajstić information content (AvgIpc) is 3.09. The number of hydrogen-bond donors (Lipinski definition) is 2. The normalized spacial score (nSPS) is 18.1. The van der Waals surface area contributed by atoms with Gasteiger partial charge in [0.15, 0.2) is 5.78 Å². The van der Waals surface area contributed by atoms with E-state index in [0.29, 0.717) is 18.3 Å². The number of amides is 1. The Morgan fingerprint density at radius 1 is 1.50 bits per heavy atom. The van der Waals surface area contributed by atoms with Crippen molar-refractivity contribution in [3.63, 3.8) is 0 Å². The van der Waals surface area contributed by atoms with E-state index in [4.69, 9.17) is 4.74 Å². The minimum Gasteiger partial charge on any atom is -0.378 e. The van der Waals surface area contributed by atoms with E-state index in [1.165, 1.54) is 19.4 Å². The van der Waals surface area contributed by atoms with Crippen molar-refractivity contribution in [1.82, 2.24) is 15.5 Å². The first-order valence-electron chi connectivity index (χ1n) is 7.13. The molecule has 0 unspecified atom stereocenters. The maximum absolute atomic E-state index is 11.8. The first-order valence-corrected chi connectivity index (χ1v) is 7.13. The van der Waals surface area contributed by atoms with E-state index in [0.717, 1.165) is 32.3 Å². The SMILES string of the molecule is CC(=O)c1cc(C(=O)NCCCC[C@H]2CCCO2)[nH]n1. The molecule has 0 bridgehead atoms. The Labute approximate surface area is 118 Å². The fraction of sp³-hybridized carbons (Fsp3) is 0.643. The summed E-state index contributed by atoms with van der Waals surface area (Å²) in [6.07, 6.45) is 5.78. The molecule has 0 aromatic carbocycles. The summed E-state index contributed by atoms with van der Waals surface area (Å²) in [6, 6.07) is 1.48. The highest BCUT2D eigenvalue weighted by atomic mass is 16.5. The molecule has 1 atom stereocenters. The summed E-state index contributed by atoms with van der Waals surface area (Å²) in [6.45, 7) is 2.93. The van der Waals surface area contributed by atoms with Gasteiger partial charge in [-0.2, -0.15) is 5.10 Å². The molecule has 2 heterocycles. The van der Waals surface area contributed by atoms with Gasteiger partial charge in [0.1, 0.15) is 11.4 Å². The van der Waals surface area contributed by atoms with Crippen LogP contribution in [0.2, 0.25) is 0 Å². The molecule has 1 aromatic heterocycles. The van der Waals surface area contributed by atoms with Crippen molar-refractivity contribution in [2.24, 2.45) is 0 Å². The van der Waals surface area contributed by atoms with E-state index in [1.54, 1.807) is 0 Å². The fourth-order valence-corrected chi connectivity index (χ4v) is 2.28. The summed E-state index contributed by atoms with van der Waals surface area (Å²) in [5, 5.41) is 9.17. The number of rotatable bonds is 7. The molecule has 20 heavy (non-hydrogen) atoms. The van der Waals surface area contributed by atoms with Gasteiger partial charge in [0, 0.05) is 20.1 Å². The second-order valence-corrected chi connectivity index (χ2v) is 5.11. The van der Waals surface area contributed by atoms with E-state index in [1.807, 2.05) is 0 Å². The lowest BCUT2D eigenvalue weighted by molar-refractivity contribution is 0.0941. The lowest BCUT2D eigenvalue weighted by Crippen LogP contribution is -2.25. The quantitative estimate of drug-likeness (QED) is 0.587. The molecule has 0 spiro atoms. The lowest BCUT2D eigenvalue weighted by Gasteiger charge is -2.08. The number of H-pyrrole nitrogens is 1. The largest absolute Gasteiger partial charge is 0.378 e. The molecule has 1 aliphatic rings. The van der Waals surface area contributed by atoms with Crippen LogP contribution in [0.4, 0.5) is 0 Å². The predicted molar refractivity (Wildman–Crippen MR) is 73.8 cm³/mol. The maximum atomic E-state index is 11.8. The third-order valence-corrected chi connectivity index (χ3v) is 3.45. The molecule has 0 aliphatic carbocycles. The number of nitrogens with zero attached hydrogens (tertiary/aromatic N) is 1. The zero-order valence-corrected chi connectivity index (χ0v) is 11.8. The van der Waals surface area contributed by atoms with E-state index in [-0.39, 0.29) is 17.4 Å².